The highest BCUT2D eigenvalue weighted by atomic mass is 16.5. The van der Waals surface area contributed by atoms with Crippen LogP contribution in [0.25, 0.3) is 0 Å². The number of anilines is 1. The molecule has 0 atom stereocenters. The van der Waals surface area contributed by atoms with Crippen molar-refractivity contribution in [2.75, 3.05) is 19.0 Å². The molecule has 0 aliphatic carbocycles. The predicted molar refractivity (Wildman–Crippen MR) is 61.2 cm³/mol. The van der Waals surface area contributed by atoms with Crippen LogP contribution in [0.1, 0.15) is 31.9 Å². The molecule has 0 bridgehead atoms. The molecule has 0 saturated heterocycles. The van der Waals surface area contributed by atoms with Gasteiger partial charge in [-0.2, -0.15) is 0 Å². The van der Waals surface area contributed by atoms with Crippen LogP contribution in [0.15, 0.2) is 12.4 Å². The van der Waals surface area contributed by atoms with Crippen molar-refractivity contribution >= 4 is 11.8 Å². The summed E-state index contributed by atoms with van der Waals surface area (Å²) in [4.78, 5) is 19.1. The van der Waals surface area contributed by atoms with Crippen LogP contribution in [0.3, 0.4) is 0 Å². The van der Waals surface area contributed by atoms with Gasteiger partial charge in [0.05, 0.1) is 13.5 Å². The van der Waals surface area contributed by atoms with Crippen molar-refractivity contribution in [1.82, 2.24) is 9.97 Å². The number of nitrogens with zero attached hydrogens (tertiary/aromatic N) is 2. The molecule has 1 rings (SSSR count). The molecule has 0 aromatic carbocycles. The van der Waals surface area contributed by atoms with Crippen molar-refractivity contribution < 1.29 is 9.53 Å². The molecule has 5 nitrogen and oxygen atoms in total. The van der Waals surface area contributed by atoms with Crippen molar-refractivity contribution in [1.29, 1.82) is 0 Å². The Kier molecular flexibility index (Phi) is 4.69. The Hall–Kier alpha value is -1.65. The van der Waals surface area contributed by atoms with Gasteiger partial charge in [0.1, 0.15) is 12.1 Å². The Morgan fingerprint density at radius 2 is 2.25 bits per heavy atom. The maximum absolute atomic E-state index is 10.9. The van der Waals surface area contributed by atoms with Crippen LogP contribution in [0.4, 0.5) is 5.82 Å². The first kappa shape index (κ1) is 12.4. The van der Waals surface area contributed by atoms with Gasteiger partial charge < -0.3 is 10.1 Å². The van der Waals surface area contributed by atoms with Crippen LogP contribution in [0.2, 0.25) is 0 Å². The normalized spacial score (nSPS) is 10.2. The summed E-state index contributed by atoms with van der Waals surface area (Å²) in [5.74, 6) is 0.873. The highest BCUT2D eigenvalue weighted by Crippen LogP contribution is 2.13. The van der Waals surface area contributed by atoms with Crippen LogP contribution in [-0.2, 0) is 9.53 Å². The molecule has 88 valence electrons. The fourth-order valence-electron chi connectivity index (χ4n) is 1.18. The van der Waals surface area contributed by atoms with E-state index in [-0.39, 0.29) is 5.97 Å². The summed E-state index contributed by atoms with van der Waals surface area (Å²) in [6, 6.07) is 1.89. The van der Waals surface area contributed by atoms with E-state index >= 15 is 0 Å². The Morgan fingerprint density at radius 3 is 2.88 bits per heavy atom. The summed E-state index contributed by atoms with van der Waals surface area (Å²) in [6.45, 7) is 4.66. The van der Waals surface area contributed by atoms with Crippen LogP contribution in [0, 0.1) is 0 Å². The van der Waals surface area contributed by atoms with E-state index < -0.39 is 0 Å². The van der Waals surface area contributed by atoms with Gasteiger partial charge in [-0.1, -0.05) is 13.8 Å². The Labute approximate surface area is 95.3 Å². The molecule has 0 aliphatic rings. The van der Waals surface area contributed by atoms with Crippen LogP contribution < -0.4 is 5.32 Å². The Bertz CT molecular complexity index is 353. The smallest absolute Gasteiger partial charge is 0.307 e. The van der Waals surface area contributed by atoms with Gasteiger partial charge in [-0.15, -0.1) is 0 Å². The number of methoxy groups -OCH3 is 1. The van der Waals surface area contributed by atoms with Crippen LogP contribution in [0.5, 0.6) is 0 Å². The molecule has 0 aliphatic heterocycles. The standard InChI is InChI=1S/C11H17N3O2/c1-8(2)9-6-10(14-7-13-9)12-5-4-11(15)16-3/h6-8H,4-5H2,1-3H3,(H,12,13,14). The number of esters is 1. The lowest BCUT2D eigenvalue weighted by Gasteiger charge is -2.07. The third-order valence-corrected chi connectivity index (χ3v) is 2.14. The molecule has 0 fully saturated rings. The number of hydrogen-bond acceptors (Lipinski definition) is 5. The maximum atomic E-state index is 10.9. The van der Waals surface area contributed by atoms with Gasteiger partial charge in [0, 0.05) is 18.3 Å². The van der Waals surface area contributed by atoms with Gasteiger partial charge in [-0.05, 0) is 5.92 Å². The molecule has 1 heterocycles. The topological polar surface area (TPSA) is 64.1 Å². The molecule has 0 radical (unpaired) electrons. The minimum Gasteiger partial charge on any atom is -0.469 e. The Morgan fingerprint density at radius 1 is 1.50 bits per heavy atom. The summed E-state index contributed by atoms with van der Waals surface area (Å²) in [7, 11) is 1.38. The second kappa shape index (κ2) is 6.05. The van der Waals surface area contributed by atoms with Gasteiger partial charge in [-0.3, -0.25) is 4.79 Å². The molecule has 0 spiro atoms. The van der Waals surface area contributed by atoms with Crippen LogP contribution in [-0.4, -0.2) is 29.6 Å². The quantitative estimate of drug-likeness (QED) is 0.768. The lowest BCUT2D eigenvalue weighted by atomic mass is 10.1. The van der Waals surface area contributed by atoms with Crippen molar-refractivity contribution in [2.45, 2.75) is 26.2 Å². The number of ether oxygens (including phenoxy) is 1. The molecule has 0 unspecified atom stereocenters. The van der Waals surface area contributed by atoms with Crippen molar-refractivity contribution in [3.63, 3.8) is 0 Å². The number of hydrogen-bond donors (Lipinski definition) is 1. The van der Waals surface area contributed by atoms with Gasteiger partial charge in [0.25, 0.3) is 0 Å². The molecule has 0 saturated carbocycles. The lowest BCUT2D eigenvalue weighted by molar-refractivity contribution is -0.140. The summed E-state index contributed by atoms with van der Waals surface area (Å²) in [5, 5.41) is 3.05. The van der Waals surface area contributed by atoms with E-state index in [4.69, 9.17) is 0 Å². The number of nitrogens with one attached hydrogen (secondary N) is 1. The molecule has 0 amide bonds. The summed E-state index contributed by atoms with van der Waals surface area (Å²) in [6.07, 6.45) is 1.85. The minimum absolute atomic E-state index is 0.231. The first-order chi connectivity index (χ1) is 7.63. The van der Waals surface area contributed by atoms with Gasteiger partial charge in [0.2, 0.25) is 0 Å². The fraction of sp³-hybridized carbons (Fsp3) is 0.545. The van der Waals surface area contributed by atoms with Gasteiger partial charge >= 0.3 is 5.97 Å². The highest BCUT2D eigenvalue weighted by molar-refractivity contribution is 5.69. The molecular formula is C11H17N3O2. The first-order valence-electron chi connectivity index (χ1n) is 5.26. The van der Waals surface area contributed by atoms with Crippen molar-refractivity contribution in [3.8, 4) is 0 Å². The monoisotopic (exact) mass is 223 g/mol. The largest absolute Gasteiger partial charge is 0.469 e. The van der Waals surface area contributed by atoms with Gasteiger partial charge in [-0.25, -0.2) is 9.97 Å². The SMILES string of the molecule is COC(=O)CCNc1cc(C(C)C)ncn1. The zero-order chi connectivity index (χ0) is 12.0. The van der Waals surface area contributed by atoms with Crippen molar-refractivity contribution in [3.05, 3.63) is 18.1 Å². The van der Waals surface area contributed by atoms with E-state index in [2.05, 4.69) is 33.9 Å². The Balaban J connectivity index is 2.48. The van der Waals surface area contributed by atoms with E-state index in [9.17, 15) is 4.79 Å². The molecule has 1 aromatic heterocycles. The predicted octanol–water partition coefficient (Wildman–Crippen LogP) is 1.57. The molecular weight excluding hydrogens is 206 g/mol. The summed E-state index contributed by atoms with van der Waals surface area (Å²) in [5.41, 5.74) is 0.982. The van der Waals surface area contributed by atoms with E-state index in [1.807, 2.05) is 6.07 Å². The summed E-state index contributed by atoms with van der Waals surface area (Å²) < 4.78 is 4.54. The molecule has 1 N–H and O–H groups in total. The van der Waals surface area contributed by atoms with Gasteiger partial charge in [0.15, 0.2) is 0 Å². The second-order valence-corrected chi connectivity index (χ2v) is 3.74. The lowest BCUT2D eigenvalue weighted by Crippen LogP contribution is -2.11. The van der Waals surface area contributed by atoms with Crippen LogP contribution >= 0.6 is 0 Å². The first-order valence-corrected chi connectivity index (χ1v) is 5.26. The second-order valence-electron chi connectivity index (χ2n) is 3.74. The van der Waals surface area contributed by atoms with E-state index in [0.717, 1.165) is 11.5 Å². The van der Waals surface area contributed by atoms with E-state index in [1.54, 1.807) is 0 Å². The molecule has 5 heteroatoms. The average molecular weight is 223 g/mol. The number of carbonyl (C=O) groups excluding carboxylic acids is 1. The zero-order valence-electron chi connectivity index (χ0n) is 9.86. The summed E-state index contributed by atoms with van der Waals surface area (Å²) >= 11 is 0. The number of carbonyl (C=O) groups is 1. The minimum atomic E-state index is -0.231. The number of rotatable bonds is 5. The van der Waals surface area contributed by atoms with Crippen molar-refractivity contribution in [2.24, 2.45) is 0 Å². The van der Waals surface area contributed by atoms with E-state index in [0.29, 0.717) is 18.9 Å². The van der Waals surface area contributed by atoms with E-state index in [1.165, 1.54) is 13.4 Å². The fourth-order valence-corrected chi connectivity index (χ4v) is 1.18. The highest BCUT2D eigenvalue weighted by Gasteiger charge is 2.03. The third kappa shape index (κ3) is 3.84. The molecule has 16 heavy (non-hydrogen) atoms. The average Bonchev–Trinajstić information content (AvgIpc) is 2.29. The number of aromatic nitrogens is 2. The molecule has 1 aromatic rings. The maximum Gasteiger partial charge on any atom is 0.307 e. The zero-order valence-corrected chi connectivity index (χ0v) is 9.86. The third-order valence-electron chi connectivity index (χ3n) is 2.14.